The van der Waals surface area contributed by atoms with Crippen molar-refractivity contribution < 1.29 is 24.5 Å². The van der Waals surface area contributed by atoms with Crippen LogP contribution >= 0.6 is 0 Å². The van der Waals surface area contributed by atoms with Crippen molar-refractivity contribution in [2.45, 2.75) is 32.4 Å². The molecule has 3 N–H and O–H groups in total. The Morgan fingerprint density at radius 2 is 2.20 bits per heavy atom. The number of carbonyl (C=O) groups excluding carboxylic acids is 1. The summed E-state index contributed by atoms with van der Waals surface area (Å²) in [5, 5.41) is 21.4. The summed E-state index contributed by atoms with van der Waals surface area (Å²) in [5.74, 6) is -0.731. The van der Waals surface area contributed by atoms with Gasteiger partial charge in [-0.15, -0.1) is 0 Å². The quantitative estimate of drug-likeness (QED) is 0.672. The first-order chi connectivity index (χ1) is 9.40. The van der Waals surface area contributed by atoms with E-state index in [0.29, 0.717) is 6.54 Å². The van der Waals surface area contributed by atoms with Crippen molar-refractivity contribution in [3.05, 3.63) is 0 Å². The van der Waals surface area contributed by atoms with Gasteiger partial charge in [0, 0.05) is 6.54 Å². The molecule has 4 unspecified atom stereocenters. The Morgan fingerprint density at radius 1 is 1.50 bits per heavy atom. The maximum absolute atomic E-state index is 12.3. The van der Waals surface area contributed by atoms with Crippen LogP contribution in [0.1, 0.15) is 20.3 Å². The van der Waals surface area contributed by atoms with Gasteiger partial charge in [0.1, 0.15) is 5.41 Å². The largest absolute Gasteiger partial charge is 0.481 e. The van der Waals surface area contributed by atoms with Crippen molar-refractivity contribution in [1.82, 2.24) is 10.2 Å². The minimum Gasteiger partial charge on any atom is -0.481 e. The number of nitrogens with zero attached hydrogens (tertiary/aromatic N) is 1. The van der Waals surface area contributed by atoms with Gasteiger partial charge in [0.25, 0.3) is 0 Å². The van der Waals surface area contributed by atoms with E-state index >= 15 is 0 Å². The van der Waals surface area contributed by atoms with Crippen molar-refractivity contribution in [2.75, 3.05) is 26.4 Å². The minimum atomic E-state index is -1.10. The number of hydrogen-bond acceptors (Lipinski definition) is 4. The molecule has 0 saturated carbocycles. The van der Waals surface area contributed by atoms with E-state index in [4.69, 9.17) is 4.74 Å². The third-order valence-corrected chi connectivity index (χ3v) is 4.57. The zero-order valence-electron chi connectivity index (χ0n) is 11.8. The Balaban J connectivity index is 2.03. The van der Waals surface area contributed by atoms with Crippen molar-refractivity contribution in [3.8, 4) is 0 Å². The van der Waals surface area contributed by atoms with E-state index in [1.807, 2.05) is 6.92 Å². The van der Waals surface area contributed by atoms with Gasteiger partial charge in [-0.2, -0.15) is 0 Å². The van der Waals surface area contributed by atoms with Gasteiger partial charge in [0.2, 0.25) is 0 Å². The van der Waals surface area contributed by atoms with E-state index in [1.54, 1.807) is 11.8 Å². The van der Waals surface area contributed by atoms with Crippen LogP contribution in [0, 0.1) is 11.3 Å². The summed E-state index contributed by atoms with van der Waals surface area (Å²) in [6.07, 6.45) is 0.843. The predicted molar refractivity (Wildman–Crippen MR) is 70.2 cm³/mol. The second-order valence-electron chi connectivity index (χ2n) is 5.95. The molecular formula is C13H22N2O5. The molecule has 2 aliphatic heterocycles. The van der Waals surface area contributed by atoms with Crippen LogP contribution < -0.4 is 5.32 Å². The molecule has 2 aliphatic rings. The predicted octanol–water partition coefficient (Wildman–Crippen LogP) is -0.112. The standard InChI is InChI=1S/C13H22N2O5/c1-8-3-4-15(9(8)5-16)12(19)14-10-6-20-7-13(10,2)11(17)18/h8-10,16H,3-7H2,1-2H3,(H,14,19)(H,17,18). The van der Waals surface area contributed by atoms with E-state index in [0.717, 1.165) is 6.42 Å². The molecule has 2 fully saturated rings. The third-order valence-electron chi connectivity index (χ3n) is 4.57. The van der Waals surface area contributed by atoms with Gasteiger partial charge in [-0.05, 0) is 19.3 Å². The van der Waals surface area contributed by atoms with E-state index in [9.17, 15) is 19.8 Å². The average Bonchev–Trinajstić information content (AvgIpc) is 2.94. The summed E-state index contributed by atoms with van der Waals surface area (Å²) in [7, 11) is 0. The van der Waals surface area contributed by atoms with E-state index in [2.05, 4.69) is 5.32 Å². The summed E-state index contributed by atoms with van der Waals surface area (Å²) in [5.41, 5.74) is -1.10. The molecule has 0 bridgehead atoms. The number of rotatable bonds is 3. The highest BCUT2D eigenvalue weighted by atomic mass is 16.5. The fraction of sp³-hybridized carbons (Fsp3) is 0.846. The van der Waals surface area contributed by atoms with Crippen molar-refractivity contribution in [2.24, 2.45) is 11.3 Å². The molecule has 7 heteroatoms. The van der Waals surface area contributed by atoms with Crippen molar-refractivity contribution >= 4 is 12.0 Å². The summed E-state index contributed by atoms with van der Waals surface area (Å²) >= 11 is 0. The molecular weight excluding hydrogens is 264 g/mol. The molecule has 0 aromatic rings. The number of hydrogen-bond donors (Lipinski definition) is 3. The normalized spacial score (nSPS) is 37.1. The second kappa shape index (κ2) is 5.57. The summed E-state index contributed by atoms with van der Waals surface area (Å²) in [6.45, 7) is 4.36. The second-order valence-corrected chi connectivity index (χ2v) is 5.95. The average molecular weight is 286 g/mol. The lowest BCUT2D eigenvalue weighted by Crippen LogP contribution is -2.55. The van der Waals surface area contributed by atoms with E-state index < -0.39 is 17.4 Å². The lowest BCUT2D eigenvalue weighted by molar-refractivity contribution is -0.148. The number of carboxylic acid groups (broad SMARTS) is 1. The van der Waals surface area contributed by atoms with Crippen LogP contribution in [0.3, 0.4) is 0 Å². The topological polar surface area (TPSA) is 99.1 Å². The molecule has 2 amide bonds. The monoisotopic (exact) mass is 286 g/mol. The summed E-state index contributed by atoms with van der Waals surface area (Å²) < 4.78 is 5.21. The first-order valence-electron chi connectivity index (χ1n) is 6.89. The SMILES string of the molecule is CC1CCN(C(=O)NC2COCC2(C)C(=O)O)C1CO. The van der Waals surface area contributed by atoms with Gasteiger partial charge in [0.15, 0.2) is 0 Å². The number of nitrogens with one attached hydrogen (secondary N) is 1. The Morgan fingerprint density at radius 3 is 2.80 bits per heavy atom. The number of amides is 2. The van der Waals surface area contributed by atoms with E-state index in [1.165, 1.54) is 0 Å². The number of aliphatic carboxylic acids is 1. The molecule has 114 valence electrons. The number of ether oxygens (including phenoxy) is 1. The van der Waals surface area contributed by atoms with Crippen LogP contribution in [0.15, 0.2) is 0 Å². The van der Waals surface area contributed by atoms with Crippen LogP contribution in [0.5, 0.6) is 0 Å². The molecule has 0 spiro atoms. The molecule has 2 heterocycles. The highest BCUT2D eigenvalue weighted by Crippen LogP contribution is 2.30. The zero-order valence-corrected chi connectivity index (χ0v) is 11.8. The minimum absolute atomic E-state index is 0.0774. The number of carbonyl (C=O) groups is 2. The summed E-state index contributed by atoms with van der Waals surface area (Å²) in [4.78, 5) is 25.2. The van der Waals surface area contributed by atoms with Gasteiger partial charge < -0.3 is 25.2 Å². The van der Waals surface area contributed by atoms with Crippen LogP contribution in [0.4, 0.5) is 4.79 Å². The van der Waals surface area contributed by atoms with Crippen LogP contribution in [-0.4, -0.2) is 65.6 Å². The maximum Gasteiger partial charge on any atom is 0.318 e. The van der Waals surface area contributed by atoms with Gasteiger partial charge in [-0.1, -0.05) is 6.92 Å². The number of aliphatic hydroxyl groups is 1. The van der Waals surface area contributed by atoms with Crippen LogP contribution in [0.25, 0.3) is 0 Å². The van der Waals surface area contributed by atoms with Crippen LogP contribution in [0.2, 0.25) is 0 Å². The Kier molecular flexibility index (Phi) is 4.19. The van der Waals surface area contributed by atoms with E-state index in [-0.39, 0.29) is 37.8 Å². The Hall–Kier alpha value is -1.34. The molecule has 2 saturated heterocycles. The fourth-order valence-electron chi connectivity index (χ4n) is 2.86. The number of urea groups is 1. The Labute approximate surface area is 117 Å². The highest BCUT2D eigenvalue weighted by molar-refractivity contribution is 5.79. The van der Waals surface area contributed by atoms with Crippen molar-refractivity contribution in [1.29, 1.82) is 0 Å². The lowest BCUT2D eigenvalue weighted by atomic mass is 9.85. The molecule has 7 nitrogen and oxygen atoms in total. The third kappa shape index (κ3) is 2.47. The summed E-state index contributed by atoms with van der Waals surface area (Å²) in [6, 6.07) is -1.08. The number of aliphatic hydroxyl groups excluding tert-OH is 1. The number of likely N-dealkylation sites (tertiary alicyclic amines) is 1. The Bertz CT molecular complexity index is 402. The van der Waals surface area contributed by atoms with Gasteiger partial charge in [0.05, 0.1) is 31.9 Å². The van der Waals surface area contributed by atoms with Gasteiger partial charge in [-0.3, -0.25) is 4.79 Å². The molecule has 0 radical (unpaired) electrons. The molecule has 4 atom stereocenters. The van der Waals surface area contributed by atoms with Gasteiger partial charge >= 0.3 is 12.0 Å². The molecule has 20 heavy (non-hydrogen) atoms. The molecule has 0 aliphatic carbocycles. The first-order valence-corrected chi connectivity index (χ1v) is 6.89. The zero-order chi connectivity index (χ0) is 14.9. The van der Waals surface area contributed by atoms with Gasteiger partial charge in [-0.25, -0.2) is 4.79 Å². The highest BCUT2D eigenvalue weighted by Gasteiger charge is 2.48. The smallest absolute Gasteiger partial charge is 0.318 e. The molecule has 0 aromatic heterocycles. The molecule has 0 aromatic carbocycles. The maximum atomic E-state index is 12.3. The first kappa shape index (κ1) is 15.1. The number of carboxylic acids is 1. The van der Waals surface area contributed by atoms with Crippen LogP contribution in [-0.2, 0) is 9.53 Å². The molecule has 2 rings (SSSR count). The fourth-order valence-corrected chi connectivity index (χ4v) is 2.86. The lowest BCUT2D eigenvalue weighted by Gasteiger charge is -2.30. The van der Waals surface area contributed by atoms with Crippen molar-refractivity contribution in [3.63, 3.8) is 0 Å².